The molecule has 3 N–H and O–H groups in total. The van der Waals surface area contributed by atoms with E-state index in [9.17, 15) is 28.8 Å². The zero-order chi connectivity index (χ0) is 40.2. The molecular weight excluding hydrogens is 804 g/mol. The molecule has 3 unspecified atom stereocenters. The fourth-order valence-corrected chi connectivity index (χ4v) is 7.75. The van der Waals surface area contributed by atoms with E-state index in [1.807, 2.05) is 24.3 Å². The molecule has 4 aromatic rings. The molecule has 3 aliphatic rings. The van der Waals surface area contributed by atoms with E-state index in [1.165, 1.54) is 10.7 Å². The number of benzene rings is 2. The van der Waals surface area contributed by atoms with Crippen molar-refractivity contribution in [2.75, 3.05) is 45.2 Å². The molecule has 5 amide bonds. The Kier molecular flexibility index (Phi) is 11.9. The molecule has 5 heterocycles. The normalized spacial score (nSPS) is 19.7. The highest BCUT2D eigenvalue weighted by atomic mass is 79.9. The zero-order valence-corrected chi connectivity index (χ0v) is 32.9. The van der Waals surface area contributed by atoms with E-state index in [-0.39, 0.29) is 66.4 Å². The second-order valence-corrected chi connectivity index (χ2v) is 15.0. The fourth-order valence-electron chi connectivity index (χ4n) is 7.27. The lowest BCUT2D eigenvalue weighted by Crippen LogP contribution is -2.54. The van der Waals surface area contributed by atoms with Crippen LogP contribution < -0.4 is 26.2 Å². The van der Waals surface area contributed by atoms with Gasteiger partial charge in [0, 0.05) is 44.7 Å². The topological polar surface area (TPSA) is 212 Å². The van der Waals surface area contributed by atoms with Crippen LogP contribution in [0.1, 0.15) is 67.5 Å². The van der Waals surface area contributed by atoms with Gasteiger partial charge in [0.05, 0.1) is 49.0 Å². The van der Waals surface area contributed by atoms with Gasteiger partial charge in [-0.25, -0.2) is 9.36 Å². The number of hydrogen-bond donors (Lipinski definition) is 3. The van der Waals surface area contributed by atoms with Crippen LogP contribution in [-0.2, 0) is 34.5 Å². The van der Waals surface area contributed by atoms with Crippen LogP contribution >= 0.6 is 15.9 Å². The highest BCUT2D eigenvalue weighted by Gasteiger charge is 2.46. The average molecular weight is 846 g/mol. The van der Waals surface area contributed by atoms with Crippen molar-refractivity contribution in [1.29, 1.82) is 0 Å². The van der Waals surface area contributed by atoms with Crippen LogP contribution in [0.25, 0.3) is 0 Å². The van der Waals surface area contributed by atoms with E-state index >= 15 is 0 Å². The number of halogens is 1. The number of hydrogen-bond acceptors (Lipinski definition) is 13. The molecule has 19 heteroatoms. The first-order valence-electron chi connectivity index (χ1n) is 18.5. The van der Waals surface area contributed by atoms with Crippen LogP contribution in [0, 0.1) is 0 Å². The summed E-state index contributed by atoms with van der Waals surface area (Å²) in [7, 11) is 3.68. The number of amides is 5. The third kappa shape index (κ3) is 8.79. The van der Waals surface area contributed by atoms with Gasteiger partial charge in [-0.15, -0.1) is 5.10 Å². The van der Waals surface area contributed by atoms with E-state index in [0.717, 1.165) is 30.0 Å². The molecule has 18 nitrogen and oxygen atoms in total. The van der Waals surface area contributed by atoms with Crippen molar-refractivity contribution in [3.63, 3.8) is 0 Å². The van der Waals surface area contributed by atoms with Gasteiger partial charge in [0.2, 0.25) is 11.8 Å². The molecular formula is C38H41BrN10O8. The van der Waals surface area contributed by atoms with E-state index in [1.54, 1.807) is 36.3 Å². The Morgan fingerprint density at radius 2 is 1.82 bits per heavy atom. The molecule has 0 radical (unpaired) electrons. The molecule has 3 atom stereocenters. The van der Waals surface area contributed by atoms with Gasteiger partial charge in [-0.2, -0.15) is 5.10 Å². The van der Waals surface area contributed by atoms with Crippen molar-refractivity contribution >= 4 is 51.2 Å². The quantitative estimate of drug-likeness (QED) is 0.121. The Morgan fingerprint density at radius 1 is 1.02 bits per heavy atom. The van der Waals surface area contributed by atoms with Crippen molar-refractivity contribution in [2.45, 2.75) is 50.4 Å². The summed E-state index contributed by atoms with van der Waals surface area (Å²) in [5, 5.41) is 20.9. The Hall–Kier alpha value is -5.79. The van der Waals surface area contributed by atoms with E-state index in [0.29, 0.717) is 41.1 Å². The number of nitrogens with zero attached hydrogens (tertiary/aromatic N) is 7. The smallest absolute Gasteiger partial charge is 0.282 e. The number of nitrogens with one attached hydrogen (secondary N) is 3. The van der Waals surface area contributed by atoms with Crippen molar-refractivity contribution in [3.05, 3.63) is 97.6 Å². The third-order valence-corrected chi connectivity index (χ3v) is 10.9. The zero-order valence-electron chi connectivity index (χ0n) is 31.3. The highest BCUT2D eigenvalue weighted by molar-refractivity contribution is 9.10. The Morgan fingerprint density at radius 3 is 2.61 bits per heavy atom. The number of likely N-dealkylation sites (tertiary alicyclic amines) is 1. The highest BCUT2D eigenvalue weighted by Crippen LogP contribution is 2.34. The Bertz CT molecular complexity index is 2260. The van der Waals surface area contributed by atoms with Gasteiger partial charge in [0.1, 0.15) is 28.6 Å². The summed E-state index contributed by atoms with van der Waals surface area (Å²) >= 11 is 3.39. The van der Waals surface area contributed by atoms with Gasteiger partial charge >= 0.3 is 0 Å². The largest absolute Gasteiger partial charge is 0.486 e. The molecule has 0 saturated carbocycles. The lowest BCUT2D eigenvalue weighted by Gasteiger charge is -2.37. The second-order valence-electron chi connectivity index (χ2n) is 14.2. The number of aromatic nitrogens is 5. The summed E-state index contributed by atoms with van der Waals surface area (Å²) in [5.41, 5.74) is 2.79. The van der Waals surface area contributed by atoms with Crippen LogP contribution in [-0.4, -0.2) is 116 Å². The number of piperidine rings is 2. The minimum atomic E-state index is -1.07. The monoisotopic (exact) mass is 844 g/mol. The molecule has 0 spiro atoms. The number of carbonyl (C=O) groups excluding carboxylic acids is 5. The Balaban J connectivity index is 0.824. The maximum absolute atomic E-state index is 13.3. The fraction of sp³-hybridized carbons (Fsp3) is 0.395. The molecule has 0 aliphatic carbocycles. The summed E-state index contributed by atoms with van der Waals surface area (Å²) < 4.78 is 14.9. The van der Waals surface area contributed by atoms with Gasteiger partial charge in [-0.3, -0.25) is 39.0 Å². The van der Waals surface area contributed by atoms with Gasteiger partial charge in [-0.1, -0.05) is 23.4 Å². The molecule has 7 rings (SSSR count). The third-order valence-electron chi connectivity index (χ3n) is 10.1. The van der Waals surface area contributed by atoms with Gasteiger partial charge in [0.25, 0.3) is 23.3 Å². The predicted molar refractivity (Wildman–Crippen MR) is 207 cm³/mol. The van der Waals surface area contributed by atoms with Crippen molar-refractivity contribution in [2.24, 2.45) is 7.05 Å². The molecule has 2 fully saturated rings. The van der Waals surface area contributed by atoms with E-state index in [2.05, 4.69) is 59.2 Å². The number of fused-ring (bicyclic) bond motifs is 1. The maximum atomic E-state index is 13.3. The first-order chi connectivity index (χ1) is 27.5. The molecule has 57 heavy (non-hydrogen) atoms. The molecule has 3 aliphatic heterocycles. The number of carbonyl (C=O) groups is 5. The Labute approximate surface area is 335 Å². The van der Waals surface area contributed by atoms with Crippen LogP contribution in [0.5, 0.6) is 5.75 Å². The SMILES string of the molecule is CN1CC(Nc2cnn(C)c(=O)c2Br)CC(c2ccc(C(=O)NCCOCCn3cc(COc4cccc5c4C(=O)N(C4CCC(=O)NC4=O)C5=O)nn3)cc2)C1. The summed E-state index contributed by atoms with van der Waals surface area (Å²) in [6.07, 6.45) is 4.26. The summed E-state index contributed by atoms with van der Waals surface area (Å²) in [4.78, 5) is 78.6. The van der Waals surface area contributed by atoms with Crippen LogP contribution in [0.15, 0.2) is 64.1 Å². The molecule has 2 saturated heterocycles. The van der Waals surface area contributed by atoms with Crippen molar-refractivity contribution in [3.8, 4) is 5.75 Å². The van der Waals surface area contributed by atoms with Gasteiger partial charge in [0.15, 0.2) is 0 Å². The first-order valence-corrected chi connectivity index (χ1v) is 19.2. The number of imide groups is 2. The number of rotatable bonds is 14. The second kappa shape index (κ2) is 17.1. The minimum Gasteiger partial charge on any atom is -0.486 e. The summed E-state index contributed by atoms with van der Waals surface area (Å²) in [5.74, 6) is -2.20. The summed E-state index contributed by atoms with van der Waals surface area (Å²) in [6, 6.07) is 11.3. The standard InChI is InChI=1S/C38H41BrN10O8/c1-46-18-24(16-25(19-46)42-28-17-41-47(2)38(55)33(28)39)22-6-8-23(9-7-22)34(51)40-12-14-56-15-13-48-20-26(44-45-48)21-57-30-5-3-4-27-32(30)37(54)49(36(27)53)29-10-11-31(50)43-35(29)52/h3-9,17,20,24-25,29,42H,10-16,18-19,21H2,1-2H3,(H,40,51)(H,43,50,52). The lowest BCUT2D eigenvalue weighted by atomic mass is 9.87. The maximum Gasteiger partial charge on any atom is 0.282 e. The molecule has 2 aromatic carbocycles. The van der Waals surface area contributed by atoms with Gasteiger partial charge < -0.3 is 25.0 Å². The average Bonchev–Trinajstić information content (AvgIpc) is 3.76. The van der Waals surface area contributed by atoms with Crippen molar-refractivity contribution < 1.29 is 33.4 Å². The van der Waals surface area contributed by atoms with Crippen LogP contribution in [0.3, 0.4) is 0 Å². The predicted octanol–water partition coefficient (Wildman–Crippen LogP) is 1.46. The van der Waals surface area contributed by atoms with E-state index in [4.69, 9.17) is 9.47 Å². The molecule has 0 bridgehead atoms. The lowest BCUT2D eigenvalue weighted by molar-refractivity contribution is -0.136. The number of ether oxygens (including phenoxy) is 2. The van der Waals surface area contributed by atoms with Gasteiger partial charge in [-0.05, 0) is 71.6 Å². The number of anilines is 1. The number of likely N-dealkylation sites (N-methyl/N-ethyl adjacent to an activating group) is 1. The first kappa shape index (κ1) is 39.4. The van der Waals surface area contributed by atoms with E-state index < -0.39 is 29.7 Å². The summed E-state index contributed by atoms with van der Waals surface area (Å²) in [6.45, 7) is 2.96. The number of aryl methyl sites for hydroxylation is 1. The minimum absolute atomic E-state index is 0.0278. The molecule has 2 aromatic heterocycles. The van der Waals surface area contributed by atoms with Crippen molar-refractivity contribution in [1.82, 2.24) is 45.2 Å². The molecule has 298 valence electrons. The van der Waals surface area contributed by atoms with Crippen LogP contribution in [0.4, 0.5) is 5.69 Å². The van der Waals surface area contributed by atoms with Crippen LogP contribution in [0.2, 0.25) is 0 Å².